The molecular weight excluding hydrogens is 423 g/mol. The Labute approximate surface area is 183 Å². The average Bonchev–Trinajstić information content (AvgIpc) is 3.32. The number of hydrogen-bond donors (Lipinski definition) is 3. The van der Waals surface area contributed by atoms with Crippen molar-refractivity contribution in [2.24, 2.45) is 5.92 Å². The second-order valence-electron chi connectivity index (χ2n) is 8.41. The molecule has 3 N–H and O–H groups in total. The number of aryl methyl sites for hydroxylation is 3. The number of aliphatic hydroxyl groups excluding tert-OH is 1. The molecule has 0 saturated heterocycles. The van der Waals surface area contributed by atoms with Gasteiger partial charge in [-0.3, -0.25) is 4.98 Å². The van der Waals surface area contributed by atoms with Crippen molar-refractivity contribution in [3.8, 4) is 11.3 Å². The first-order valence-electron chi connectivity index (χ1n) is 10.6. The Hall–Kier alpha value is -2.88. The van der Waals surface area contributed by atoms with Gasteiger partial charge in [0, 0.05) is 23.7 Å². The molecule has 1 aliphatic rings. The van der Waals surface area contributed by atoms with Gasteiger partial charge >= 0.3 is 6.18 Å². The molecule has 32 heavy (non-hydrogen) atoms. The van der Waals surface area contributed by atoms with Gasteiger partial charge in [0.05, 0.1) is 17.0 Å². The molecule has 0 spiro atoms. The van der Waals surface area contributed by atoms with Gasteiger partial charge in [0.2, 0.25) is 5.95 Å². The normalized spacial score (nSPS) is 19.0. The minimum atomic E-state index is -4.38. The average molecular weight is 449 g/mol. The Morgan fingerprint density at radius 2 is 1.88 bits per heavy atom. The summed E-state index contributed by atoms with van der Waals surface area (Å²) in [7, 11) is 0. The summed E-state index contributed by atoms with van der Waals surface area (Å²) in [6.45, 7) is 4.37. The van der Waals surface area contributed by atoms with Crippen molar-refractivity contribution in [1.82, 2.24) is 15.0 Å². The summed E-state index contributed by atoms with van der Waals surface area (Å²) in [5.41, 5.74) is 3.36. The number of aromatic nitrogens is 3. The van der Waals surface area contributed by atoms with Crippen LogP contribution in [0.2, 0.25) is 0 Å². The first-order valence-corrected chi connectivity index (χ1v) is 10.6. The standard InChI is InChI=1S/C22H26F3N5O2/c1-11-6-15-8-17(32-19(15)13(3)27-11)18-12(2)28-21(26-10-22(23,24)25)30-20(18)29-16-5-4-14(7-16)9-31/h6,8,14,16,31H,4-5,7,9-10H2,1-3H3,(H2,26,28,29,30)/t14-,16+/m1/s1. The van der Waals surface area contributed by atoms with Crippen LogP contribution in [0.3, 0.4) is 0 Å². The van der Waals surface area contributed by atoms with Crippen LogP contribution >= 0.6 is 0 Å². The second-order valence-corrected chi connectivity index (χ2v) is 8.41. The zero-order valence-electron chi connectivity index (χ0n) is 18.2. The van der Waals surface area contributed by atoms with Gasteiger partial charge in [0.1, 0.15) is 18.1 Å². The lowest BCUT2D eigenvalue weighted by atomic mass is 10.1. The number of hydrogen-bond acceptors (Lipinski definition) is 7. The summed E-state index contributed by atoms with van der Waals surface area (Å²) in [6.07, 6.45) is -1.92. The first kappa shape index (κ1) is 22.3. The van der Waals surface area contributed by atoms with Crippen LogP contribution in [0.1, 0.15) is 36.3 Å². The Kier molecular flexibility index (Phi) is 5.98. The number of anilines is 2. The number of pyridine rings is 1. The largest absolute Gasteiger partial charge is 0.454 e. The number of fused-ring (bicyclic) bond motifs is 1. The molecule has 1 saturated carbocycles. The van der Waals surface area contributed by atoms with Crippen LogP contribution in [0.15, 0.2) is 16.5 Å². The molecule has 1 aliphatic carbocycles. The fraction of sp³-hybridized carbons (Fsp3) is 0.500. The molecule has 4 rings (SSSR count). The molecular formula is C22H26F3N5O2. The molecule has 3 heterocycles. The molecule has 0 aromatic carbocycles. The highest BCUT2D eigenvalue weighted by molar-refractivity contribution is 5.87. The number of nitrogens with one attached hydrogen (secondary N) is 2. The molecule has 7 nitrogen and oxygen atoms in total. The molecule has 0 radical (unpaired) electrons. The SMILES string of the molecule is Cc1cc2cc(-c3c(C)nc(NCC(F)(F)F)nc3N[C@H]3CC[C@@H](CO)C3)oc2c(C)n1. The predicted octanol–water partition coefficient (Wildman–Crippen LogP) is 4.76. The highest BCUT2D eigenvalue weighted by Gasteiger charge is 2.29. The lowest BCUT2D eigenvalue weighted by Crippen LogP contribution is -2.24. The minimum absolute atomic E-state index is 0.0469. The topological polar surface area (TPSA) is 96.1 Å². The van der Waals surface area contributed by atoms with E-state index in [1.165, 1.54) is 0 Å². The summed E-state index contributed by atoms with van der Waals surface area (Å²) < 4.78 is 44.2. The van der Waals surface area contributed by atoms with E-state index in [-0.39, 0.29) is 24.5 Å². The number of nitrogens with zero attached hydrogens (tertiary/aromatic N) is 3. The van der Waals surface area contributed by atoms with Gasteiger partial charge in [-0.05, 0) is 58.1 Å². The van der Waals surface area contributed by atoms with Crippen molar-refractivity contribution < 1.29 is 22.7 Å². The predicted molar refractivity (Wildman–Crippen MR) is 116 cm³/mol. The van der Waals surface area contributed by atoms with Crippen LogP contribution in [0, 0.1) is 26.7 Å². The molecule has 3 aromatic heterocycles. The van der Waals surface area contributed by atoms with E-state index in [0.29, 0.717) is 28.4 Å². The first-order chi connectivity index (χ1) is 15.1. The Morgan fingerprint density at radius 3 is 2.56 bits per heavy atom. The summed E-state index contributed by atoms with van der Waals surface area (Å²) >= 11 is 0. The van der Waals surface area contributed by atoms with E-state index in [1.54, 1.807) is 6.92 Å². The Bertz CT molecular complexity index is 1130. The number of rotatable bonds is 6. The van der Waals surface area contributed by atoms with Gasteiger partial charge < -0.3 is 20.2 Å². The summed E-state index contributed by atoms with van der Waals surface area (Å²) in [5.74, 6) is 1.03. The molecule has 3 aromatic rings. The number of halogens is 3. The van der Waals surface area contributed by atoms with E-state index in [2.05, 4.69) is 25.6 Å². The molecule has 0 aliphatic heterocycles. The van der Waals surface area contributed by atoms with E-state index >= 15 is 0 Å². The highest BCUT2D eigenvalue weighted by atomic mass is 19.4. The maximum atomic E-state index is 12.7. The molecule has 172 valence electrons. The quantitative estimate of drug-likeness (QED) is 0.499. The lowest BCUT2D eigenvalue weighted by molar-refractivity contribution is -0.115. The van der Waals surface area contributed by atoms with E-state index < -0.39 is 12.7 Å². The van der Waals surface area contributed by atoms with E-state index in [9.17, 15) is 18.3 Å². The highest BCUT2D eigenvalue weighted by Crippen LogP contribution is 2.37. The van der Waals surface area contributed by atoms with Crippen LogP contribution in [-0.4, -0.2) is 45.4 Å². The maximum Gasteiger partial charge on any atom is 0.405 e. The molecule has 10 heteroatoms. The maximum absolute atomic E-state index is 12.7. The monoisotopic (exact) mass is 449 g/mol. The van der Waals surface area contributed by atoms with E-state index in [4.69, 9.17) is 4.42 Å². The van der Waals surface area contributed by atoms with Crippen LogP contribution in [-0.2, 0) is 0 Å². The van der Waals surface area contributed by atoms with Crippen LogP contribution in [0.25, 0.3) is 22.3 Å². The second kappa shape index (κ2) is 8.57. The van der Waals surface area contributed by atoms with Gasteiger partial charge in [-0.25, -0.2) is 4.98 Å². The molecule has 0 bridgehead atoms. The Morgan fingerprint density at radius 1 is 1.09 bits per heavy atom. The fourth-order valence-electron chi connectivity index (χ4n) is 4.29. The summed E-state index contributed by atoms with van der Waals surface area (Å²) in [5, 5.41) is 16.0. The van der Waals surface area contributed by atoms with Gasteiger partial charge in [-0.2, -0.15) is 18.2 Å². The smallest absolute Gasteiger partial charge is 0.405 e. The van der Waals surface area contributed by atoms with Crippen molar-refractivity contribution in [3.05, 3.63) is 29.2 Å². The third kappa shape index (κ3) is 4.79. The molecule has 0 unspecified atom stereocenters. The molecule has 0 amide bonds. The molecule has 2 atom stereocenters. The zero-order chi connectivity index (χ0) is 23.0. The van der Waals surface area contributed by atoms with Gasteiger partial charge in [0.15, 0.2) is 5.58 Å². The van der Waals surface area contributed by atoms with Crippen LogP contribution in [0.5, 0.6) is 0 Å². The van der Waals surface area contributed by atoms with Crippen molar-refractivity contribution in [2.75, 3.05) is 23.8 Å². The van der Waals surface area contributed by atoms with Gasteiger partial charge in [-0.1, -0.05) is 0 Å². The summed E-state index contributed by atoms with van der Waals surface area (Å²) in [4.78, 5) is 13.1. The van der Waals surface area contributed by atoms with Crippen LogP contribution < -0.4 is 10.6 Å². The van der Waals surface area contributed by atoms with Gasteiger partial charge in [-0.15, -0.1) is 0 Å². The van der Waals surface area contributed by atoms with Gasteiger partial charge in [0.25, 0.3) is 0 Å². The van der Waals surface area contributed by atoms with E-state index in [0.717, 1.165) is 36.0 Å². The number of alkyl halides is 3. The zero-order valence-corrected chi connectivity index (χ0v) is 18.2. The number of aliphatic hydroxyl groups is 1. The fourth-order valence-corrected chi connectivity index (χ4v) is 4.29. The third-order valence-corrected chi connectivity index (χ3v) is 5.72. The van der Waals surface area contributed by atoms with Crippen molar-refractivity contribution >= 4 is 22.7 Å². The lowest BCUT2D eigenvalue weighted by Gasteiger charge is -2.18. The van der Waals surface area contributed by atoms with Crippen molar-refractivity contribution in [2.45, 2.75) is 52.3 Å². The molecule has 1 fully saturated rings. The Balaban J connectivity index is 1.75. The van der Waals surface area contributed by atoms with Crippen molar-refractivity contribution in [1.29, 1.82) is 0 Å². The summed E-state index contributed by atoms with van der Waals surface area (Å²) in [6, 6.07) is 3.84. The van der Waals surface area contributed by atoms with E-state index in [1.807, 2.05) is 26.0 Å². The minimum Gasteiger partial charge on any atom is -0.454 e. The number of furan rings is 1. The van der Waals surface area contributed by atoms with Crippen LogP contribution in [0.4, 0.5) is 24.9 Å². The van der Waals surface area contributed by atoms with Crippen molar-refractivity contribution in [3.63, 3.8) is 0 Å². The third-order valence-electron chi connectivity index (χ3n) is 5.72.